The molecule has 1 saturated carbocycles. The quantitative estimate of drug-likeness (QED) is 0.824. The van der Waals surface area contributed by atoms with Crippen molar-refractivity contribution in [2.24, 2.45) is 11.7 Å². The van der Waals surface area contributed by atoms with Crippen LogP contribution in [0.2, 0.25) is 0 Å². The Hall–Kier alpha value is -1.36. The first-order chi connectivity index (χ1) is 9.28. The van der Waals surface area contributed by atoms with Crippen LogP contribution in [0.3, 0.4) is 0 Å². The number of hydrogen-bond acceptors (Lipinski definition) is 5. The number of anilines is 1. The zero-order chi connectivity index (χ0) is 13.5. The largest absolute Gasteiger partial charge is 0.478 e. The minimum absolute atomic E-state index is 0.370. The third-order valence-electron chi connectivity index (χ3n) is 3.49. The van der Waals surface area contributed by atoms with Gasteiger partial charge in [0.05, 0.1) is 6.61 Å². The second-order valence-electron chi connectivity index (χ2n) is 5.26. The molecule has 0 aromatic carbocycles. The lowest BCUT2D eigenvalue weighted by atomic mass is 9.86. The molecule has 1 fully saturated rings. The molecule has 0 aliphatic heterocycles. The smallest absolute Gasteiger partial charge is 0.218 e. The molecule has 0 saturated heterocycles. The number of rotatable bonds is 6. The Balaban J connectivity index is 1.81. The van der Waals surface area contributed by atoms with Gasteiger partial charge in [-0.15, -0.1) is 0 Å². The number of aromatic nitrogens is 2. The third-order valence-corrected chi connectivity index (χ3v) is 3.49. The molecular formula is C14H24N4O. The van der Waals surface area contributed by atoms with Crippen molar-refractivity contribution < 1.29 is 4.74 Å². The standard InChI is InChI=1S/C14H24N4O/c1-2-6-19-14-8-13(17-10-18-14)16-9-11-4-3-5-12(15)7-11/h8,10-12H,2-7,9,15H2,1H3,(H,16,17,18). The molecule has 1 aromatic rings. The van der Waals surface area contributed by atoms with Crippen LogP contribution in [0.5, 0.6) is 5.88 Å². The normalized spacial score (nSPS) is 23.1. The van der Waals surface area contributed by atoms with Gasteiger partial charge in [0.25, 0.3) is 0 Å². The highest BCUT2D eigenvalue weighted by atomic mass is 16.5. The van der Waals surface area contributed by atoms with Gasteiger partial charge in [0.1, 0.15) is 12.1 Å². The second kappa shape index (κ2) is 7.28. The van der Waals surface area contributed by atoms with Crippen molar-refractivity contribution in [2.75, 3.05) is 18.5 Å². The first-order valence-corrected chi connectivity index (χ1v) is 7.22. The molecule has 106 valence electrons. The van der Waals surface area contributed by atoms with Gasteiger partial charge in [-0.1, -0.05) is 13.3 Å². The van der Waals surface area contributed by atoms with Gasteiger partial charge in [-0.25, -0.2) is 9.97 Å². The van der Waals surface area contributed by atoms with Crippen molar-refractivity contribution >= 4 is 5.82 Å². The zero-order valence-electron chi connectivity index (χ0n) is 11.6. The van der Waals surface area contributed by atoms with Gasteiger partial charge in [-0.05, 0) is 31.6 Å². The predicted octanol–water partition coefficient (Wildman–Crippen LogP) is 2.19. The SMILES string of the molecule is CCCOc1cc(NCC2CCCC(N)C2)ncn1. The van der Waals surface area contributed by atoms with Crippen molar-refractivity contribution in [1.29, 1.82) is 0 Å². The van der Waals surface area contributed by atoms with Gasteiger partial charge in [0, 0.05) is 18.7 Å². The fourth-order valence-electron chi connectivity index (χ4n) is 2.49. The van der Waals surface area contributed by atoms with Crippen molar-refractivity contribution in [3.05, 3.63) is 12.4 Å². The zero-order valence-corrected chi connectivity index (χ0v) is 11.6. The van der Waals surface area contributed by atoms with E-state index in [9.17, 15) is 0 Å². The van der Waals surface area contributed by atoms with E-state index in [1.54, 1.807) is 6.33 Å². The van der Waals surface area contributed by atoms with Gasteiger partial charge < -0.3 is 15.8 Å². The molecule has 0 amide bonds. The lowest BCUT2D eigenvalue weighted by Gasteiger charge is -2.26. The van der Waals surface area contributed by atoms with Crippen molar-refractivity contribution in [3.63, 3.8) is 0 Å². The number of nitrogens with zero attached hydrogens (tertiary/aromatic N) is 2. The molecule has 0 bridgehead atoms. The fourth-order valence-corrected chi connectivity index (χ4v) is 2.49. The van der Waals surface area contributed by atoms with Crippen LogP contribution < -0.4 is 15.8 Å². The average Bonchev–Trinajstić information content (AvgIpc) is 2.43. The number of hydrogen-bond donors (Lipinski definition) is 2. The van der Waals surface area contributed by atoms with E-state index in [0.717, 1.165) is 25.2 Å². The summed E-state index contributed by atoms with van der Waals surface area (Å²) in [6.07, 6.45) is 7.29. The minimum atomic E-state index is 0.370. The van der Waals surface area contributed by atoms with Gasteiger partial charge in [-0.2, -0.15) is 0 Å². The molecule has 5 nitrogen and oxygen atoms in total. The lowest BCUT2D eigenvalue weighted by molar-refractivity contribution is 0.304. The second-order valence-corrected chi connectivity index (χ2v) is 5.26. The molecule has 3 N–H and O–H groups in total. The molecule has 0 radical (unpaired) electrons. The first-order valence-electron chi connectivity index (χ1n) is 7.22. The number of ether oxygens (including phenoxy) is 1. The molecule has 2 atom stereocenters. The molecule has 1 aromatic heterocycles. The maximum Gasteiger partial charge on any atom is 0.218 e. The molecule has 5 heteroatoms. The van der Waals surface area contributed by atoms with Crippen molar-refractivity contribution in [3.8, 4) is 5.88 Å². The Morgan fingerprint density at radius 1 is 1.42 bits per heavy atom. The molecule has 2 rings (SSSR count). The summed E-state index contributed by atoms with van der Waals surface area (Å²) in [7, 11) is 0. The summed E-state index contributed by atoms with van der Waals surface area (Å²) in [6, 6.07) is 2.23. The Labute approximate surface area is 115 Å². The monoisotopic (exact) mass is 264 g/mol. The maximum absolute atomic E-state index is 6.00. The molecule has 0 spiro atoms. The summed E-state index contributed by atoms with van der Waals surface area (Å²) >= 11 is 0. The Kier molecular flexibility index (Phi) is 5.39. The molecule has 2 unspecified atom stereocenters. The van der Waals surface area contributed by atoms with Crippen LogP contribution in [0.4, 0.5) is 5.82 Å². The number of nitrogens with one attached hydrogen (secondary N) is 1. The molecule has 19 heavy (non-hydrogen) atoms. The Morgan fingerprint density at radius 2 is 2.32 bits per heavy atom. The highest BCUT2D eigenvalue weighted by Crippen LogP contribution is 2.23. The minimum Gasteiger partial charge on any atom is -0.478 e. The summed E-state index contributed by atoms with van der Waals surface area (Å²) in [4.78, 5) is 8.31. The van der Waals surface area contributed by atoms with E-state index in [4.69, 9.17) is 10.5 Å². The third kappa shape index (κ3) is 4.67. The molecule has 1 aliphatic rings. The van der Waals surface area contributed by atoms with E-state index in [-0.39, 0.29) is 0 Å². The van der Waals surface area contributed by atoms with E-state index < -0.39 is 0 Å². The van der Waals surface area contributed by atoms with Gasteiger partial charge in [-0.3, -0.25) is 0 Å². The fraction of sp³-hybridized carbons (Fsp3) is 0.714. The van der Waals surface area contributed by atoms with Gasteiger partial charge >= 0.3 is 0 Å². The van der Waals surface area contributed by atoms with Crippen LogP contribution in [-0.2, 0) is 0 Å². The topological polar surface area (TPSA) is 73.1 Å². The summed E-state index contributed by atoms with van der Waals surface area (Å²) in [5.74, 6) is 2.12. The lowest BCUT2D eigenvalue weighted by Crippen LogP contribution is -2.31. The summed E-state index contributed by atoms with van der Waals surface area (Å²) < 4.78 is 5.49. The predicted molar refractivity (Wildman–Crippen MR) is 76.2 cm³/mol. The Bertz CT molecular complexity index is 385. The molecule has 1 heterocycles. The average molecular weight is 264 g/mol. The van der Waals surface area contributed by atoms with E-state index in [0.29, 0.717) is 24.4 Å². The van der Waals surface area contributed by atoms with Crippen LogP contribution >= 0.6 is 0 Å². The van der Waals surface area contributed by atoms with Gasteiger partial charge in [0.15, 0.2) is 0 Å². The van der Waals surface area contributed by atoms with E-state index in [1.807, 2.05) is 6.07 Å². The van der Waals surface area contributed by atoms with Crippen molar-refractivity contribution in [1.82, 2.24) is 9.97 Å². The summed E-state index contributed by atoms with van der Waals surface area (Å²) in [5.41, 5.74) is 6.00. The van der Waals surface area contributed by atoms with Gasteiger partial charge in [0.2, 0.25) is 5.88 Å². The highest BCUT2D eigenvalue weighted by Gasteiger charge is 2.18. The van der Waals surface area contributed by atoms with Crippen LogP contribution in [0.25, 0.3) is 0 Å². The van der Waals surface area contributed by atoms with E-state index in [1.165, 1.54) is 19.3 Å². The van der Waals surface area contributed by atoms with Crippen LogP contribution in [-0.4, -0.2) is 29.2 Å². The van der Waals surface area contributed by atoms with Crippen LogP contribution in [0.1, 0.15) is 39.0 Å². The van der Waals surface area contributed by atoms with Crippen LogP contribution in [0.15, 0.2) is 12.4 Å². The Morgan fingerprint density at radius 3 is 3.11 bits per heavy atom. The first kappa shape index (κ1) is 14.1. The summed E-state index contributed by atoms with van der Waals surface area (Å²) in [6.45, 7) is 3.69. The highest BCUT2D eigenvalue weighted by molar-refractivity contribution is 5.37. The maximum atomic E-state index is 6.00. The molecule has 1 aliphatic carbocycles. The van der Waals surface area contributed by atoms with Crippen molar-refractivity contribution in [2.45, 2.75) is 45.1 Å². The summed E-state index contributed by atoms with van der Waals surface area (Å²) in [5, 5.41) is 3.37. The van der Waals surface area contributed by atoms with E-state index >= 15 is 0 Å². The molecular weight excluding hydrogens is 240 g/mol. The number of nitrogens with two attached hydrogens (primary N) is 1. The van der Waals surface area contributed by atoms with Crippen LogP contribution in [0, 0.1) is 5.92 Å². The van der Waals surface area contributed by atoms with E-state index in [2.05, 4.69) is 22.2 Å².